The summed E-state index contributed by atoms with van der Waals surface area (Å²) in [6.45, 7) is 0.172. The second-order valence-corrected chi connectivity index (χ2v) is 3.32. The van der Waals surface area contributed by atoms with Gasteiger partial charge in [-0.15, -0.1) is 0 Å². The Morgan fingerprint density at radius 3 is 2.56 bits per heavy atom. The van der Waals surface area contributed by atoms with E-state index in [-0.39, 0.29) is 11.8 Å². The van der Waals surface area contributed by atoms with Crippen molar-refractivity contribution in [3.05, 3.63) is 34.9 Å². The number of halogens is 1. The van der Waals surface area contributed by atoms with Gasteiger partial charge >= 0.3 is 5.97 Å². The molecule has 0 radical (unpaired) electrons. The van der Waals surface area contributed by atoms with E-state index in [1.165, 1.54) is 13.2 Å². The number of methoxy groups -OCH3 is 1. The van der Waals surface area contributed by atoms with Crippen molar-refractivity contribution >= 4 is 23.6 Å². The monoisotopic (exact) mass is 242 g/mol. The van der Waals surface area contributed by atoms with Crippen LogP contribution in [0.5, 0.6) is 5.75 Å². The number of rotatable bonds is 5. The average Bonchev–Trinajstić information content (AvgIpc) is 2.28. The summed E-state index contributed by atoms with van der Waals surface area (Å²) in [5, 5.41) is 8.34. The van der Waals surface area contributed by atoms with Crippen LogP contribution >= 0.6 is 11.6 Å². The van der Waals surface area contributed by atoms with Gasteiger partial charge in [-0.2, -0.15) is 0 Å². The van der Waals surface area contributed by atoms with Crippen molar-refractivity contribution in [1.82, 2.24) is 0 Å². The largest absolute Gasteiger partial charge is 0.477 e. The smallest absolute Gasteiger partial charge is 0.347 e. The first-order valence-corrected chi connectivity index (χ1v) is 4.83. The predicted molar refractivity (Wildman–Crippen MR) is 60.4 cm³/mol. The van der Waals surface area contributed by atoms with Crippen LogP contribution in [-0.2, 0) is 9.53 Å². The van der Waals surface area contributed by atoms with Gasteiger partial charge in [-0.3, -0.25) is 0 Å². The molecule has 0 amide bonds. The molecule has 4 nitrogen and oxygen atoms in total. The van der Waals surface area contributed by atoms with E-state index in [0.29, 0.717) is 11.3 Å². The van der Waals surface area contributed by atoms with Crippen molar-refractivity contribution in [2.45, 2.75) is 0 Å². The highest BCUT2D eigenvalue weighted by molar-refractivity contribution is 6.42. The normalized spacial score (nSPS) is 11.2. The summed E-state index contributed by atoms with van der Waals surface area (Å²) in [5.74, 6) is -0.508. The Balaban J connectivity index is 2.71. The fraction of sp³-hybridized carbons (Fsp3) is 0.182. The van der Waals surface area contributed by atoms with Gasteiger partial charge in [0.1, 0.15) is 10.8 Å². The molecule has 1 aromatic carbocycles. The van der Waals surface area contributed by atoms with Crippen molar-refractivity contribution in [1.29, 1.82) is 0 Å². The number of carboxylic acids is 1. The van der Waals surface area contributed by atoms with Crippen LogP contribution in [0.4, 0.5) is 0 Å². The van der Waals surface area contributed by atoms with Gasteiger partial charge in [0.2, 0.25) is 0 Å². The highest BCUT2D eigenvalue weighted by Gasteiger charge is 2.02. The first-order valence-electron chi connectivity index (χ1n) is 4.46. The van der Waals surface area contributed by atoms with Gasteiger partial charge in [-0.1, -0.05) is 23.7 Å². The maximum Gasteiger partial charge on any atom is 0.347 e. The molecule has 0 saturated carbocycles. The van der Waals surface area contributed by atoms with Gasteiger partial charge in [0.15, 0.2) is 6.79 Å². The molecule has 1 N–H and O–H groups in total. The third kappa shape index (κ3) is 3.92. The maximum atomic E-state index is 10.5. The molecular formula is C11H11ClO4. The fourth-order valence-electron chi connectivity index (χ4n) is 0.995. The zero-order valence-electron chi connectivity index (χ0n) is 8.64. The molecule has 0 aliphatic rings. The Kier molecular flexibility index (Phi) is 4.82. The second kappa shape index (κ2) is 6.15. The summed E-state index contributed by atoms with van der Waals surface area (Å²) in [6, 6.07) is 6.82. The molecule has 1 aromatic rings. The Morgan fingerprint density at radius 1 is 1.44 bits per heavy atom. The lowest BCUT2D eigenvalue weighted by molar-refractivity contribution is -0.131. The molecule has 0 saturated heterocycles. The Hall–Kier alpha value is -1.52. The van der Waals surface area contributed by atoms with Gasteiger partial charge in [0.05, 0.1) is 0 Å². The van der Waals surface area contributed by atoms with Crippen molar-refractivity contribution in [2.24, 2.45) is 0 Å². The van der Waals surface area contributed by atoms with Crippen molar-refractivity contribution in [2.75, 3.05) is 13.9 Å². The third-order valence-corrected chi connectivity index (χ3v) is 1.99. The fourth-order valence-corrected chi connectivity index (χ4v) is 1.12. The number of hydrogen-bond donors (Lipinski definition) is 1. The molecule has 0 bridgehead atoms. The molecule has 1 rings (SSSR count). The molecule has 0 fully saturated rings. The van der Waals surface area contributed by atoms with Gasteiger partial charge in [-0.05, 0) is 23.8 Å². The molecule has 16 heavy (non-hydrogen) atoms. The number of ether oxygens (including phenoxy) is 2. The predicted octanol–water partition coefficient (Wildman–Crippen LogP) is 2.33. The van der Waals surface area contributed by atoms with Crippen molar-refractivity contribution < 1.29 is 19.4 Å². The van der Waals surface area contributed by atoms with E-state index in [2.05, 4.69) is 0 Å². The van der Waals surface area contributed by atoms with E-state index < -0.39 is 5.97 Å². The molecule has 0 atom stereocenters. The van der Waals surface area contributed by atoms with E-state index in [0.717, 1.165) is 0 Å². The van der Waals surface area contributed by atoms with Gasteiger partial charge in [-0.25, -0.2) is 4.79 Å². The van der Waals surface area contributed by atoms with Crippen LogP contribution in [0.15, 0.2) is 29.3 Å². The zero-order chi connectivity index (χ0) is 12.0. The minimum atomic E-state index is -1.15. The topological polar surface area (TPSA) is 55.8 Å². The second-order valence-electron chi connectivity index (χ2n) is 2.92. The van der Waals surface area contributed by atoms with Gasteiger partial charge < -0.3 is 14.6 Å². The number of hydrogen-bond acceptors (Lipinski definition) is 3. The van der Waals surface area contributed by atoms with Crippen LogP contribution in [0, 0.1) is 0 Å². The summed E-state index contributed by atoms with van der Waals surface area (Å²) >= 11 is 5.48. The first-order chi connectivity index (χ1) is 7.63. The summed E-state index contributed by atoms with van der Waals surface area (Å²) in [7, 11) is 1.53. The molecule has 0 spiro atoms. The summed E-state index contributed by atoms with van der Waals surface area (Å²) < 4.78 is 9.91. The number of carbonyl (C=O) groups is 1. The van der Waals surface area contributed by atoms with Crippen molar-refractivity contribution in [3.8, 4) is 5.75 Å². The van der Waals surface area contributed by atoms with Crippen LogP contribution < -0.4 is 4.74 Å². The third-order valence-electron chi connectivity index (χ3n) is 1.72. The van der Waals surface area contributed by atoms with E-state index in [1.807, 2.05) is 0 Å². The lowest BCUT2D eigenvalue weighted by Gasteiger charge is -2.04. The van der Waals surface area contributed by atoms with E-state index >= 15 is 0 Å². The summed E-state index contributed by atoms with van der Waals surface area (Å²) in [4.78, 5) is 10.5. The quantitative estimate of drug-likeness (QED) is 0.636. The molecule has 5 heteroatoms. The maximum absolute atomic E-state index is 10.5. The Morgan fingerprint density at radius 2 is 2.06 bits per heavy atom. The average molecular weight is 243 g/mol. The number of carboxylic acid groups (broad SMARTS) is 1. The number of benzene rings is 1. The minimum absolute atomic E-state index is 0.172. The molecular weight excluding hydrogens is 232 g/mol. The van der Waals surface area contributed by atoms with E-state index in [1.54, 1.807) is 24.3 Å². The summed E-state index contributed by atoms with van der Waals surface area (Å²) in [6.07, 6.45) is 1.37. The molecule has 0 heterocycles. The van der Waals surface area contributed by atoms with Crippen LogP contribution in [0.3, 0.4) is 0 Å². The minimum Gasteiger partial charge on any atom is -0.477 e. The lowest BCUT2D eigenvalue weighted by atomic mass is 10.2. The highest BCUT2D eigenvalue weighted by Crippen LogP contribution is 2.15. The van der Waals surface area contributed by atoms with Gasteiger partial charge in [0, 0.05) is 7.11 Å². The van der Waals surface area contributed by atoms with Crippen LogP contribution in [-0.4, -0.2) is 25.0 Å². The SMILES string of the molecule is COCOc1ccc(/C=C(\Cl)C(=O)O)cc1. The Labute approximate surface area is 98.1 Å². The zero-order valence-corrected chi connectivity index (χ0v) is 9.40. The molecule has 0 aromatic heterocycles. The van der Waals surface area contributed by atoms with Crippen LogP contribution in [0.1, 0.15) is 5.56 Å². The molecule has 0 unspecified atom stereocenters. The first kappa shape index (κ1) is 12.5. The van der Waals surface area contributed by atoms with E-state index in [4.69, 9.17) is 26.2 Å². The molecule has 86 valence electrons. The molecule has 0 aliphatic carbocycles. The standard InChI is InChI=1S/C11H11ClO4/c1-15-7-16-9-4-2-8(3-5-9)6-10(12)11(13)14/h2-6H,7H2,1H3,(H,13,14)/b10-6-. The highest BCUT2D eigenvalue weighted by atomic mass is 35.5. The van der Waals surface area contributed by atoms with E-state index in [9.17, 15) is 4.79 Å². The lowest BCUT2D eigenvalue weighted by Crippen LogP contribution is -1.98. The Bertz CT molecular complexity index is 383. The van der Waals surface area contributed by atoms with Crippen LogP contribution in [0.2, 0.25) is 0 Å². The molecule has 0 aliphatic heterocycles. The van der Waals surface area contributed by atoms with Crippen molar-refractivity contribution in [3.63, 3.8) is 0 Å². The summed E-state index contributed by atoms with van der Waals surface area (Å²) in [5.41, 5.74) is 0.692. The number of aliphatic carboxylic acids is 1. The van der Waals surface area contributed by atoms with Crippen LogP contribution in [0.25, 0.3) is 6.08 Å². The van der Waals surface area contributed by atoms with Gasteiger partial charge in [0.25, 0.3) is 0 Å².